The molecule has 1 aliphatic rings. The normalized spacial score (nSPS) is 22.3. The molecule has 1 atom stereocenters. The van der Waals surface area contributed by atoms with Crippen LogP contribution < -0.4 is 0 Å². The molecule has 9 heteroatoms. The third-order valence-corrected chi connectivity index (χ3v) is 4.31. The van der Waals surface area contributed by atoms with Crippen LogP contribution in [0.2, 0.25) is 0 Å². The Bertz CT molecular complexity index is 621. The molecule has 3 nitrogen and oxygen atoms in total. The third-order valence-electron chi connectivity index (χ3n) is 2.76. The van der Waals surface area contributed by atoms with E-state index in [1.165, 1.54) is 0 Å². The first kappa shape index (κ1) is 14.2. The molecule has 0 aromatic heterocycles. The molecule has 0 heterocycles. The van der Waals surface area contributed by atoms with E-state index in [-0.39, 0.29) is 0 Å². The van der Waals surface area contributed by atoms with Gasteiger partial charge in [-0.05, 0) is 17.7 Å². The highest BCUT2D eigenvalue weighted by atomic mass is 32.2. The summed E-state index contributed by atoms with van der Waals surface area (Å²) < 4.78 is 86.4. The molecule has 105 valence electrons. The molecule has 19 heavy (non-hydrogen) atoms. The van der Waals surface area contributed by atoms with Crippen LogP contribution in [0.4, 0.5) is 22.0 Å². The molecule has 0 saturated heterocycles. The second-order valence-corrected chi connectivity index (χ2v) is 5.93. The molecule has 1 radical (unpaired) electrons. The predicted octanol–water partition coefficient (Wildman–Crippen LogP) is 2.01. The second-order valence-electron chi connectivity index (χ2n) is 4.02. The number of hydrogen-bond acceptors (Lipinski definition) is 3. The molecule has 0 bridgehead atoms. The van der Waals surface area contributed by atoms with Gasteiger partial charge in [-0.1, -0.05) is 6.07 Å². The van der Waals surface area contributed by atoms with Crippen molar-refractivity contribution in [3.05, 3.63) is 29.3 Å². The summed E-state index contributed by atoms with van der Waals surface area (Å²) in [6.07, 6.45) is -3.64. The average molecular weight is 301 g/mol. The van der Waals surface area contributed by atoms with Gasteiger partial charge in [0.1, 0.15) is 6.10 Å². The van der Waals surface area contributed by atoms with E-state index in [2.05, 4.69) is 6.07 Å². The standard InChI is InChI=1S/C10H6F5O3S/c11-9(12)4-5-2-1-3-6(7(5)8(9)16)19(17,18)10(13,14)15/h1,3,8,16H,4H2/t8-/m0/s1. The molecular weight excluding hydrogens is 295 g/mol. The third kappa shape index (κ3) is 2.00. The molecule has 0 unspecified atom stereocenters. The molecule has 0 fully saturated rings. The smallest absolute Gasteiger partial charge is 0.382 e. The molecule has 1 N–H and O–H groups in total. The van der Waals surface area contributed by atoms with Crippen molar-refractivity contribution in [1.82, 2.24) is 0 Å². The first-order valence-corrected chi connectivity index (χ1v) is 6.37. The van der Waals surface area contributed by atoms with Crippen molar-refractivity contribution < 1.29 is 35.5 Å². The molecule has 2 rings (SSSR count). The van der Waals surface area contributed by atoms with Gasteiger partial charge in [0, 0.05) is 12.0 Å². The number of alkyl halides is 5. The van der Waals surface area contributed by atoms with Crippen molar-refractivity contribution in [2.75, 3.05) is 0 Å². The van der Waals surface area contributed by atoms with E-state index in [1.807, 2.05) is 0 Å². The van der Waals surface area contributed by atoms with Gasteiger partial charge in [-0.15, -0.1) is 0 Å². The van der Waals surface area contributed by atoms with Crippen LogP contribution >= 0.6 is 0 Å². The Morgan fingerprint density at radius 1 is 1.37 bits per heavy atom. The maximum absolute atomic E-state index is 13.2. The lowest BCUT2D eigenvalue weighted by Crippen LogP contribution is -2.26. The summed E-state index contributed by atoms with van der Waals surface area (Å²) in [5, 5.41) is 9.32. The van der Waals surface area contributed by atoms with Crippen molar-refractivity contribution >= 4 is 9.84 Å². The van der Waals surface area contributed by atoms with E-state index in [9.17, 15) is 35.5 Å². The predicted molar refractivity (Wildman–Crippen MR) is 52.1 cm³/mol. The van der Waals surface area contributed by atoms with E-state index in [0.29, 0.717) is 6.07 Å². The molecule has 1 aliphatic carbocycles. The molecule has 0 saturated carbocycles. The quantitative estimate of drug-likeness (QED) is 0.807. The van der Waals surface area contributed by atoms with Crippen LogP contribution in [0.25, 0.3) is 0 Å². The van der Waals surface area contributed by atoms with Gasteiger partial charge in [0.15, 0.2) is 0 Å². The van der Waals surface area contributed by atoms with Crippen molar-refractivity contribution in [3.8, 4) is 0 Å². The van der Waals surface area contributed by atoms with Crippen LogP contribution in [-0.4, -0.2) is 25.0 Å². The number of sulfone groups is 1. The van der Waals surface area contributed by atoms with Gasteiger partial charge in [0.25, 0.3) is 15.8 Å². The molecule has 1 aromatic carbocycles. The zero-order valence-corrected chi connectivity index (χ0v) is 9.82. The van der Waals surface area contributed by atoms with Gasteiger partial charge in [-0.25, -0.2) is 17.2 Å². The van der Waals surface area contributed by atoms with Crippen molar-refractivity contribution in [2.45, 2.75) is 28.9 Å². The maximum Gasteiger partial charge on any atom is 0.501 e. The Labute approximate surface area is 104 Å². The SMILES string of the molecule is O=S(=O)(c1cc[c]c2c1[C@H](O)C(F)(F)C2)C(F)(F)F. The molecule has 1 aromatic rings. The summed E-state index contributed by atoms with van der Waals surface area (Å²) in [7, 11) is -5.80. The van der Waals surface area contributed by atoms with Gasteiger partial charge in [0.2, 0.25) is 0 Å². The van der Waals surface area contributed by atoms with Crippen LogP contribution in [0, 0.1) is 6.07 Å². The highest BCUT2D eigenvalue weighted by Gasteiger charge is 2.54. The van der Waals surface area contributed by atoms with Crippen LogP contribution in [0.3, 0.4) is 0 Å². The minimum atomic E-state index is -5.80. The van der Waals surface area contributed by atoms with Gasteiger partial charge in [-0.2, -0.15) is 13.2 Å². The lowest BCUT2D eigenvalue weighted by atomic mass is 10.1. The highest BCUT2D eigenvalue weighted by Crippen LogP contribution is 2.47. The lowest BCUT2D eigenvalue weighted by molar-refractivity contribution is -0.0978. The summed E-state index contributed by atoms with van der Waals surface area (Å²) >= 11 is 0. The average Bonchev–Trinajstić information content (AvgIpc) is 2.48. The maximum atomic E-state index is 13.2. The lowest BCUT2D eigenvalue weighted by Gasteiger charge is -2.16. The van der Waals surface area contributed by atoms with Crippen molar-refractivity contribution in [2.24, 2.45) is 0 Å². The van der Waals surface area contributed by atoms with Gasteiger partial charge in [-0.3, -0.25) is 0 Å². The zero-order chi connectivity index (χ0) is 14.6. The summed E-state index contributed by atoms with van der Waals surface area (Å²) in [6, 6.07) is 3.54. The highest BCUT2D eigenvalue weighted by molar-refractivity contribution is 7.92. The number of benzene rings is 1. The van der Waals surface area contributed by atoms with Gasteiger partial charge >= 0.3 is 5.51 Å². The number of hydrogen-bond donors (Lipinski definition) is 1. The van der Waals surface area contributed by atoms with Crippen LogP contribution in [0.1, 0.15) is 17.2 Å². The Morgan fingerprint density at radius 3 is 2.47 bits per heavy atom. The van der Waals surface area contributed by atoms with E-state index in [1.54, 1.807) is 0 Å². The summed E-state index contributed by atoms with van der Waals surface area (Å²) in [5.74, 6) is -3.71. The minimum absolute atomic E-state index is 0.428. The second kappa shape index (κ2) is 3.89. The largest absolute Gasteiger partial charge is 0.501 e. The van der Waals surface area contributed by atoms with Crippen molar-refractivity contribution in [3.63, 3.8) is 0 Å². The fourth-order valence-corrected chi connectivity index (χ4v) is 2.90. The van der Waals surface area contributed by atoms with Crippen LogP contribution in [0.5, 0.6) is 0 Å². The Hall–Kier alpha value is -1.22. The fraction of sp³-hybridized carbons (Fsp3) is 0.400. The minimum Gasteiger partial charge on any atom is -0.382 e. The molecular formula is C10H6F5O3S. The Morgan fingerprint density at radius 2 is 1.95 bits per heavy atom. The van der Waals surface area contributed by atoms with Crippen LogP contribution in [-0.2, 0) is 16.3 Å². The number of fused-ring (bicyclic) bond motifs is 1. The van der Waals surface area contributed by atoms with Crippen LogP contribution in [0.15, 0.2) is 17.0 Å². The summed E-state index contributed by atoms with van der Waals surface area (Å²) in [4.78, 5) is -1.35. The summed E-state index contributed by atoms with van der Waals surface area (Å²) in [6.45, 7) is 0. The number of aliphatic hydroxyl groups excluding tert-OH is 1. The first-order chi connectivity index (χ1) is 8.48. The van der Waals surface area contributed by atoms with Gasteiger partial charge < -0.3 is 5.11 Å². The van der Waals surface area contributed by atoms with Gasteiger partial charge in [0.05, 0.1) is 4.90 Å². The fourth-order valence-electron chi connectivity index (χ4n) is 1.88. The van der Waals surface area contributed by atoms with E-state index in [0.717, 1.165) is 6.07 Å². The topological polar surface area (TPSA) is 54.4 Å². The number of rotatable bonds is 1. The first-order valence-electron chi connectivity index (χ1n) is 4.89. The van der Waals surface area contributed by atoms with E-state index in [4.69, 9.17) is 0 Å². The molecule has 0 amide bonds. The molecule has 0 aliphatic heterocycles. The summed E-state index contributed by atoms with van der Waals surface area (Å²) in [5.41, 5.74) is -6.98. The number of halogens is 5. The van der Waals surface area contributed by atoms with E-state index < -0.39 is 49.8 Å². The molecule has 0 spiro atoms. The Kier molecular flexibility index (Phi) is 2.91. The van der Waals surface area contributed by atoms with E-state index >= 15 is 0 Å². The zero-order valence-electron chi connectivity index (χ0n) is 9.00. The van der Waals surface area contributed by atoms with Crippen molar-refractivity contribution in [1.29, 1.82) is 0 Å². The monoisotopic (exact) mass is 301 g/mol. The number of aliphatic hydroxyl groups is 1. The Balaban J connectivity index is 2.70.